The molecule has 0 saturated carbocycles. The first-order chi connectivity index (χ1) is 7.24. The van der Waals surface area contributed by atoms with Crippen molar-refractivity contribution in [3.63, 3.8) is 0 Å². The Labute approximate surface area is 95.5 Å². The van der Waals surface area contributed by atoms with Gasteiger partial charge in [-0.05, 0) is 20.3 Å². The zero-order chi connectivity index (χ0) is 11.6. The summed E-state index contributed by atoms with van der Waals surface area (Å²) in [6.45, 7) is 7.55. The maximum absolute atomic E-state index is 5.69. The first-order valence-corrected chi connectivity index (χ1v) is 8.00. The fourth-order valence-electron chi connectivity index (χ4n) is 1.61. The number of hydrogen-bond donors (Lipinski definition) is 0. The summed E-state index contributed by atoms with van der Waals surface area (Å²) in [5.74, 6) is 0. The van der Waals surface area contributed by atoms with Gasteiger partial charge in [0, 0.05) is 26.4 Å². The van der Waals surface area contributed by atoms with E-state index in [0.717, 1.165) is 12.5 Å². The summed E-state index contributed by atoms with van der Waals surface area (Å²) in [6, 6.07) is 0.950. The predicted molar refractivity (Wildman–Crippen MR) is 65.0 cm³/mol. The lowest BCUT2D eigenvalue weighted by molar-refractivity contribution is 0.0859. The molecular formula is C11H26O3Si. The van der Waals surface area contributed by atoms with Gasteiger partial charge in [-0.1, -0.05) is 26.2 Å². The van der Waals surface area contributed by atoms with Crippen LogP contribution in [0.5, 0.6) is 0 Å². The quantitative estimate of drug-likeness (QED) is 0.429. The summed E-state index contributed by atoms with van der Waals surface area (Å²) in [4.78, 5) is 0. The van der Waals surface area contributed by atoms with Crippen molar-refractivity contribution in [3.8, 4) is 0 Å². The molecule has 0 aliphatic carbocycles. The standard InChI is InChI=1S/C11H26O3Si/c1-5-8-9-10-11-15(12-4,13-6-2)14-7-3/h5-11H2,1-4H3. The molecule has 15 heavy (non-hydrogen) atoms. The van der Waals surface area contributed by atoms with Crippen molar-refractivity contribution in [1.82, 2.24) is 0 Å². The monoisotopic (exact) mass is 234 g/mol. The van der Waals surface area contributed by atoms with Gasteiger partial charge in [-0.25, -0.2) is 0 Å². The van der Waals surface area contributed by atoms with E-state index in [2.05, 4.69) is 6.92 Å². The Morgan fingerprint density at radius 1 is 0.867 bits per heavy atom. The Morgan fingerprint density at radius 2 is 1.47 bits per heavy atom. The SMILES string of the molecule is CCCCCC[Si](OC)(OCC)OCC. The molecule has 0 aliphatic rings. The summed E-state index contributed by atoms with van der Waals surface area (Å²) in [5, 5.41) is 0. The minimum atomic E-state index is -2.32. The molecule has 0 saturated heterocycles. The molecule has 0 fully saturated rings. The second-order valence-corrected chi connectivity index (χ2v) is 6.42. The van der Waals surface area contributed by atoms with Crippen LogP contribution in [-0.2, 0) is 13.3 Å². The van der Waals surface area contributed by atoms with Gasteiger partial charge in [0.1, 0.15) is 0 Å². The zero-order valence-electron chi connectivity index (χ0n) is 10.7. The molecule has 4 heteroatoms. The van der Waals surface area contributed by atoms with Crippen LogP contribution in [0.2, 0.25) is 6.04 Å². The summed E-state index contributed by atoms with van der Waals surface area (Å²) in [5.41, 5.74) is 0. The van der Waals surface area contributed by atoms with E-state index >= 15 is 0 Å². The van der Waals surface area contributed by atoms with Crippen molar-refractivity contribution in [2.75, 3.05) is 20.3 Å². The van der Waals surface area contributed by atoms with Gasteiger partial charge < -0.3 is 13.3 Å². The van der Waals surface area contributed by atoms with Crippen LogP contribution in [0.4, 0.5) is 0 Å². The molecule has 0 atom stereocenters. The summed E-state index contributed by atoms with van der Waals surface area (Å²) in [6.07, 6.45) is 4.93. The van der Waals surface area contributed by atoms with E-state index in [9.17, 15) is 0 Å². The Bertz CT molecular complexity index is 136. The molecule has 0 aromatic heterocycles. The third kappa shape index (κ3) is 6.30. The van der Waals surface area contributed by atoms with Crippen LogP contribution in [0.15, 0.2) is 0 Å². The van der Waals surface area contributed by atoms with E-state index in [-0.39, 0.29) is 0 Å². The largest absolute Gasteiger partial charge is 0.500 e. The maximum atomic E-state index is 5.69. The smallest absolute Gasteiger partial charge is 0.377 e. The van der Waals surface area contributed by atoms with Crippen LogP contribution < -0.4 is 0 Å². The average Bonchev–Trinajstić information content (AvgIpc) is 2.25. The zero-order valence-corrected chi connectivity index (χ0v) is 11.7. The normalized spacial score (nSPS) is 12.0. The first-order valence-electron chi connectivity index (χ1n) is 6.07. The van der Waals surface area contributed by atoms with Gasteiger partial charge in [-0.15, -0.1) is 0 Å². The average molecular weight is 234 g/mol. The number of hydrogen-bond acceptors (Lipinski definition) is 3. The second kappa shape index (κ2) is 9.33. The highest BCUT2D eigenvalue weighted by atomic mass is 28.4. The van der Waals surface area contributed by atoms with Crippen molar-refractivity contribution in [3.05, 3.63) is 0 Å². The first kappa shape index (κ1) is 15.1. The van der Waals surface area contributed by atoms with Gasteiger partial charge in [0.2, 0.25) is 0 Å². The molecule has 0 aromatic rings. The minimum Gasteiger partial charge on any atom is -0.377 e. The Balaban J connectivity index is 3.96. The number of unbranched alkanes of at least 4 members (excludes halogenated alkanes) is 3. The van der Waals surface area contributed by atoms with Gasteiger partial charge >= 0.3 is 8.80 Å². The van der Waals surface area contributed by atoms with Crippen LogP contribution in [0.3, 0.4) is 0 Å². The molecule has 0 N–H and O–H groups in total. The Kier molecular flexibility index (Phi) is 9.39. The van der Waals surface area contributed by atoms with E-state index in [1.54, 1.807) is 7.11 Å². The molecular weight excluding hydrogens is 208 g/mol. The molecule has 0 aromatic carbocycles. The van der Waals surface area contributed by atoms with E-state index in [0.29, 0.717) is 13.2 Å². The topological polar surface area (TPSA) is 27.7 Å². The summed E-state index contributed by atoms with van der Waals surface area (Å²) < 4.78 is 16.9. The fraction of sp³-hybridized carbons (Fsp3) is 1.00. The third-order valence-corrected chi connectivity index (χ3v) is 5.42. The van der Waals surface area contributed by atoms with Crippen molar-refractivity contribution in [1.29, 1.82) is 0 Å². The lowest BCUT2D eigenvalue weighted by Gasteiger charge is -2.27. The summed E-state index contributed by atoms with van der Waals surface area (Å²) in [7, 11) is -0.614. The molecule has 0 heterocycles. The van der Waals surface area contributed by atoms with Crippen molar-refractivity contribution in [2.24, 2.45) is 0 Å². The fourth-order valence-corrected chi connectivity index (χ4v) is 3.99. The highest BCUT2D eigenvalue weighted by molar-refractivity contribution is 6.60. The predicted octanol–water partition coefficient (Wildman–Crippen LogP) is 3.23. The van der Waals surface area contributed by atoms with Crippen molar-refractivity contribution in [2.45, 2.75) is 52.5 Å². The molecule has 0 unspecified atom stereocenters. The molecule has 0 amide bonds. The highest BCUT2D eigenvalue weighted by Crippen LogP contribution is 2.19. The molecule has 0 aliphatic heterocycles. The second-order valence-electron chi connectivity index (χ2n) is 3.56. The third-order valence-electron chi connectivity index (χ3n) is 2.38. The van der Waals surface area contributed by atoms with E-state index in [1.165, 1.54) is 19.3 Å². The molecule has 0 rings (SSSR count). The molecule has 0 spiro atoms. The molecule has 3 nitrogen and oxygen atoms in total. The van der Waals surface area contributed by atoms with Crippen LogP contribution in [0.25, 0.3) is 0 Å². The van der Waals surface area contributed by atoms with Crippen LogP contribution in [0.1, 0.15) is 46.5 Å². The van der Waals surface area contributed by atoms with E-state index < -0.39 is 8.80 Å². The van der Waals surface area contributed by atoms with Crippen LogP contribution >= 0.6 is 0 Å². The lowest BCUT2D eigenvalue weighted by atomic mass is 10.2. The number of rotatable bonds is 10. The highest BCUT2D eigenvalue weighted by Gasteiger charge is 2.38. The van der Waals surface area contributed by atoms with E-state index in [1.807, 2.05) is 13.8 Å². The van der Waals surface area contributed by atoms with Gasteiger partial charge in [-0.2, -0.15) is 0 Å². The van der Waals surface area contributed by atoms with Gasteiger partial charge in [-0.3, -0.25) is 0 Å². The van der Waals surface area contributed by atoms with Crippen LogP contribution in [0, 0.1) is 0 Å². The molecule has 0 bridgehead atoms. The molecule has 92 valence electrons. The Hall–Kier alpha value is 0.0969. The van der Waals surface area contributed by atoms with E-state index in [4.69, 9.17) is 13.3 Å². The lowest BCUT2D eigenvalue weighted by Crippen LogP contribution is -2.44. The Morgan fingerprint density at radius 3 is 1.87 bits per heavy atom. The molecule has 0 radical (unpaired) electrons. The maximum Gasteiger partial charge on any atom is 0.500 e. The van der Waals surface area contributed by atoms with Crippen LogP contribution in [-0.4, -0.2) is 29.1 Å². The summed E-state index contributed by atoms with van der Waals surface area (Å²) >= 11 is 0. The van der Waals surface area contributed by atoms with Gasteiger partial charge in [0.05, 0.1) is 0 Å². The van der Waals surface area contributed by atoms with Gasteiger partial charge in [0.25, 0.3) is 0 Å². The van der Waals surface area contributed by atoms with Crippen molar-refractivity contribution < 1.29 is 13.3 Å². The minimum absolute atomic E-state index is 0.674. The van der Waals surface area contributed by atoms with Gasteiger partial charge in [0.15, 0.2) is 0 Å². The van der Waals surface area contributed by atoms with Crippen molar-refractivity contribution >= 4 is 8.80 Å².